The minimum Gasteiger partial charge on any atom is -0.317 e. The van der Waals surface area contributed by atoms with Crippen LogP contribution in [-0.2, 0) is 33.5 Å². The zero-order valence-corrected chi connectivity index (χ0v) is 18.4. The molecule has 29 heavy (non-hydrogen) atoms. The normalized spacial score (nSPS) is 18.3. The minimum atomic E-state index is -3.55. The molecule has 0 radical (unpaired) electrons. The summed E-state index contributed by atoms with van der Waals surface area (Å²) in [6, 6.07) is 9.21. The first-order chi connectivity index (χ1) is 13.8. The van der Waals surface area contributed by atoms with Crippen molar-refractivity contribution in [3.05, 3.63) is 47.8 Å². The summed E-state index contributed by atoms with van der Waals surface area (Å²) in [4.78, 5) is 18.4. The van der Waals surface area contributed by atoms with Gasteiger partial charge in [-0.2, -0.15) is 0 Å². The Hall–Kier alpha value is -1.99. The first-order valence-corrected chi connectivity index (χ1v) is 12.0. The number of Topliss-reactive ketones (excluding diaryl/α,β-unsaturated/α-hetero) is 1. The van der Waals surface area contributed by atoms with E-state index in [1.807, 2.05) is 34.9 Å². The van der Waals surface area contributed by atoms with Crippen LogP contribution in [0.3, 0.4) is 0 Å². The van der Waals surface area contributed by atoms with Gasteiger partial charge in [-0.3, -0.25) is 9.69 Å². The topological polar surface area (TPSA) is 72.3 Å². The van der Waals surface area contributed by atoms with E-state index >= 15 is 0 Å². The number of hydrogen-bond donors (Lipinski definition) is 0. The van der Waals surface area contributed by atoms with Crippen molar-refractivity contribution in [2.45, 2.75) is 57.6 Å². The largest absolute Gasteiger partial charge is 0.317 e. The Morgan fingerprint density at radius 3 is 2.62 bits per heavy atom. The summed E-state index contributed by atoms with van der Waals surface area (Å²) in [7, 11) is -3.55. The lowest BCUT2D eigenvalue weighted by molar-refractivity contribution is -0.122. The molecule has 0 spiro atoms. The van der Waals surface area contributed by atoms with Crippen molar-refractivity contribution < 1.29 is 13.2 Å². The zero-order chi connectivity index (χ0) is 21.0. The maximum atomic E-state index is 13.1. The Morgan fingerprint density at radius 1 is 1.24 bits per heavy atom. The number of nitrogens with zero attached hydrogens (tertiary/aromatic N) is 3. The third-order valence-corrected chi connectivity index (χ3v) is 6.99. The summed E-state index contributed by atoms with van der Waals surface area (Å²) in [5, 5.41) is 0.144. The molecule has 158 valence electrons. The van der Waals surface area contributed by atoms with E-state index in [2.05, 4.69) is 23.7 Å². The van der Waals surface area contributed by atoms with Gasteiger partial charge in [0.15, 0.2) is 0 Å². The second-order valence-corrected chi connectivity index (χ2v) is 10.3. The molecule has 1 saturated heterocycles. The molecule has 0 saturated carbocycles. The van der Waals surface area contributed by atoms with Crippen LogP contribution in [0.15, 0.2) is 41.7 Å². The van der Waals surface area contributed by atoms with E-state index < -0.39 is 9.84 Å². The second-order valence-electron chi connectivity index (χ2n) is 8.47. The first-order valence-electron chi connectivity index (χ1n) is 10.3. The molecular formula is C22H31N3O3S. The van der Waals surface area contributed by atoms with E-state index in [9.17, 15) is 13.2 Å². The van der Waals surface area contributed by atoms with E-state index in [0.717, 1.165) is 37.2 Å². The predicted octanol–water partition coefficient (Wildman–Crippen LogP) is 3.31. The lowest BCUT2D eigenvalue weighted by Gasteiger charge is -2.31. The maximum Gasteiger partial charge on any atom is 0.228 e. The first kappa shape index (κ1) is 21.7. The van der Waals surface area contributed by atoms with Gasteiger partial charge in [-0.15, -0.1) is 0 Å². The average Bonchev–Trinajstić information content (AvgIpc) is 3.05. The zero-order valence-electron chi connectivity index (χ0n) is 17.5. The monoisotopic (exact) mass is 417 g/mol. The fourth-order valence-corrected chi connectivity index (χ4v) is 5.45. The molecule has 7 heteroatoms. The van der Waals surface area contributed by atoms with Gasteiger partial charge in [0.25, 0.3) is 0 Å². The van der Waals surface area contributed by atoms with Crippen LogP contribution in [0.1, 0.15) is 44.9 Å². The highest BCUT2D eigenvalue weighted by Crippen LogP contribution is 2.23. The predicted molar refractivity (Wildman–Crippen MR) is 113 cm³/mol. The number of rotatable bonds is 8. The van der Waals surface area contributed by atoms with Crippen molar-refractivity contribution in [1.29, 1.82) is 0 Å². The summed E-state index contributed by atoms with van der Waals surface area (Å²) in [6.07, 6.45) is 3.62. The molecule has 1 fully saturated rings. The van der Waals surface area contributed by atoms with E-state index in [1.54, 1.807) is 13.1 Å². The van der Waals surface area contributed by atoms with Crippen LogP contribution in [0.2, 0.25) is 0 Å². The number of sulfone groups is 1. The Balaban J connectivity index is 1.85. The standard InChI is InChI=1S/C22H31N3O3S/c1-17(2)13-25-21(15-24-11-7-10-20(14-24)18(3)26)12-23-22(25)29(27,28)16-19-8-5-4-6-9-19/h4-6,8-9,12,17,20H,7,10-11,13-16H2,1-3H3/t20-/m0/s1. The SMILES string of the molecule is CC(=O)[C@H]1CCCN(Cc2cnc(S(=O)(=O)Cc3ccccc3)n2CC(C)C)C1. The van der Waals surface area contributed by atoms with E-state index in [-0.39, 0.29) is 22.6 Å². The molecule has 0 aliphatic carbocycles. The smallest absolute Gasteiger partial charge is 0.228 e. The molecule has 1 atom stereocenters. The van der Waals surface area contributed by atoms with Crippen LogP contribution in [0.25, 0.3) is 0 Å². The number of carbonyl (C=O) groups is 1. The Bertz CT molecular complexity index is 935. The molecule has 1 aliphatic heterocycles. The summed E-state index contributed by atoms with van der Waals surface area (Å²) in [6.45, 7) is 8.67. The van der Waals surface area contributed by atoms with Gasteiger partial charge in [0, 0.05) is 25.6 Å². The van der Waals surface area contributed by atoms with Crippen molar-refractivity contribution in [1.82, 2.24) is 14.5 Å². The molecule has 6 nitrogen and oxygen atoms in total. The molecule has 1 aromatic carbocycles. The summed E-state index contributed by atoms with van der Waals surface area (Å²) in [5.41, 5.74) is 1.66. The molecule has 0 amide bonds. The number of likely N-dealkylation sites (tertiary alicyclic amines) is 1. The minimum absolute atomic E-state index is 0.0570. The number of piperidine rings is 1. The van der Waals surface area contributed by atoms with Gasteiger partial charge in [-0.1, -0.05) is 44.2 Å². The van der Waals surface area contributed by atoms with Gasteiger partial charge in [-0.05, 0) is 37.8 Å². The van der Waals surface area contributed by atoms with Gasteiger partial charge in [0.05, 0.1) is 17.6 Å². The molecule has 2 heterocycles. The van der Waals surface area contributed by atoms with Crippen LogP contribution in [0.4, 0.5) is 0 Å². The lowest BCUT2D eigenvalue weighted by atomic mass is 9.94. The molecule has 1 aromatic heterocycles. The van der Waals surface area contributed by atoms with Gasteiger partial charge in [0.2, 0.25) is 15.0 Å². The highest BCUT2D eigenvalue weighted by Gasteiger charge is 2.27. The third-order valence-electron chi connectivity index (χ3n) is 5.39. The molecule has 1 aliphatic rings. The fraction of sp³-hybridized carbons (Fsp3) is 0.545. The quantitative estimate of drug-likeness (QED) is 0.659. The summed E-state index contributed by atoms with van der Waals surface area (Å²) < 4.78 is 28.1. The Labute approximate surface area is 173 Å². The molecule has 0 unspecified atom stereocenters. The highest BCUT2D eigenvalue weighted by molar-refractivity contribution is 7.90. The number of ketones is 1. The van der Waals surface area contributed by atoms with Crippen LogP contribution < -0.4 is 0 Å². The lowest BCUT2D eigenvalue weighted by Crippen LogP contribution is -2.38. The van der Waals surface area contributed by atoms with Crippen molar-refractivity contribution >= 4 is 15.6 Å². The van der Waals surface area contributed by atoms with Crippen molar-refractivity contribution in [3.63, 3.8) is 0 Å². The van der Waals surface area contributed by atoms with Crippen LogP contribution >= 0.6 is 0 Å². The molecule has 0 bridgehead atoms. The third kappa shape index (κ3) is 5.54. The average molecular weight is 418 g/mol. The number of hydrogen-bond acceptors (Lipinski definition) is 5. The van der Waals surface area contributed by atoms with Crippen molar-refractivity contribution in [2.75, 3.05) is 13.1 Å². The Morgan fingerprint density at radius 2 is 1.97 bits per heavy atom. The fourth-order valence-electron chi connectivity index (χ4n) is 3.95. The van der Waals surface area contributed by atoms with Crippen molar-refractivity contribution in [2.24, 2.45) is 11.8 Å². The number of aromatic nitrogens is 2. The number of benzene rings is 1. The molecule has 3 rings (SSSR count). The van der Waals surface area contributed by atoms with E-state index in [0.29, 0.717) is 19.0 Å². The van der Waals surface area contributed by atoms with E-state index in [4.69, 9.17) is 0 Å². The Kier molecular flexibility index (Phi) is 6.90. The van der Waals surface area contributed by atoms with Crippen LogP contribution in [0.5, 0.6) is 0 Å². The molecular weight excluding hydrogens is 386 g/mol. The summed E-state index contributed by atoms with van der Waals surface area (Å²) in [5.74, 6) is 0.543. The highest BCUT2D eigenvalue weighted by atomic mass is 32.2. The van der Waals surface area contributed by atoms with E-state index in [1.165, 1.54) is 0 Å². The van der Waals surface area contributed by atoms with Gasteiger partial charge < -0.3 is 4.57 Å². The van der Waals surface area contributed by atoms with Gasteiger partial charge in [0.1, 0.15) is 5.78 Å². The van der Waals surface area contributed by atoms with Gasteiger partial charge >= 0.3 is 0 Å². The van der Waals surface area contributed by atoms with Crippen LogP contribution in [0, 0.1) is 11.8 Å². The molecule has 2 aromatic rings. The number of imidazole rings is 1. The van der Waals surface area contributed by atoms with Crippen molar-refractivity contribution in [3.8, 4) is 0 Å². The maximum absolute atomic E-state index is 13.1. The number of carbonyl (C=O) groups excluding carboxylic acids is 1. The summed E-state index contributed by atoms with van der Waals surface area (Å²) >= 11 is 0. The van der Waals surface area contributed by atoms with Gasteiger partial charge in [-0.25, -0.2) is 13.4 Å². The molecule has 0 N–H and O–H groups in total. The second kappa shape index (κ2) is 9.22. The van der Waals surface area contributed by atoms with Crippen LogP contribution in [-0.4, -0.2) is 41.7 Å².